The summed E-state index contributed by atoms with van der Waals surface area (Å²) < 4.78 is 34.3. The number of ether oxygens (including phenoxy) is 1. The third-order valence-electron chi connectivity index (χ3n) is 4.18. The van der Waals surface area contributed by atoms with Crippen LogP contribution in [-0.4, -0.2) is 18.8 Å². The molecule has 1 aromatic rings. The first-order valence-electron chi connectivity index (χ1n) is 7.79. The van der Waals surface area contributed by atoms with Gasteiger partial charge in [0.25, 0.3) is 0 Å². The molecule has 0 aliphatic heterocycles. The largest absolute Gasteiger partial charge is 0.373 e. The average Bonchev–Trinajstić information content (AvgIpc) is 2.49. The van der Waals surface area contributed by atoms with Gasteiger partial charge in [-0.2, -0.15) is 0 Å². The summed E-state index contributed by atoms with van der Waals surface area (Å²) >= 11 is 0. The highest BCUT2D eigenvalue weighted by Crippen LogP contribution is 2.37. The minimum Gasteiger partial charge on any atom is -0.373 e. The average molecular weight is 299 g/mol. The molecule has 4 heteroatoms. The second-order valence-corrected chi connectivity index (χ2v) is 5.30. The van der Waals surface area contributed by atoms with Crippen molar-refractivity contribution in [2.75, 3.05) is 13.2 Å². The van der Waals surface area contributed by atoms with E-state index in [2.05, 4.69) is 5.32 Å². The molecule has 0 aliphatic rings. The number of hydrogen-bond donors (Lipinski definition) is 1. The predicted molar refractivity (Wildman–Crippen MR) is 82.5 cm³/mol. The van der Waals surface area contributed by atoms with Gasteiger partial charge in [-0.3, -0.25) is 0 Å². The maximum absolute atomic E-state index is 14.4. The van der Waals surface area contributed by atoms with E-state index in [1.165, 1.54) is 0 Å². The molecule has 0 aromatic heterocycles. The Bertz CT molecular complexity index is 458. The van der Waals surface area contributed by atoms with Crippen LogP contribution in [-0.2, 0) is 4.74 Å². The van der Waals surface area contributed by atoms with E-state index in [1.54, 1.807) is 19.1 Å². The fourth-order valence-corrected chi connectivity index (χ4v) is 2.90. The van der Waals surface area contributed by atoms with Crippen LogP contribution in [0.2, 0.25) is 0 Å². The number of rotatable bonds is 8. The van der Waals surface area contributed by atoms with Crippen LogP contribution in [0.3, 0.4) is 0 Å². The summed E-state index contributed by atoms with van der Waals surface area (Å²) in [6.45, 7) is 10.7. The molecule has 0 fully saturated rings. The molecule has 0 saturated heterocycles. The second-order valence-electron chi connectivity index (χ2n) is 5.30. The van der Waals surface area contributed by atoms with Gasteiger partial charge in [-0.15, -0.1) is 0 Å². The number of halogens is 2. The van der Waals surface area contributed by atoms with Crippen molar-refractivity contribution >= 4 is 0 Å². The van der Waals surface area contributed by atoms with Crippen LogP contribution >= 0.6 is 0 Å². The standard InChI is InChI=1S/C17H27F2NO/c1-6-17(7-2,21-9-4)16(20-8-3)13-11-10-12(5)14(18)15(13)19/h10-11,16,20H,6-9H2,1-5H3. The molecule has 120 valence electrons. The Morgan fingerprint density at radius 1 is 1.10 bits per heavy atom. The SMILES string of the molecule is CCNC(c1ccc(C)c(F)c1F)C(CC)(CC)OCC. The maximum atomic E-state index is 14.4. The second kappa shape index (κ2) is 7.85. The molecule has 0 bridgehead atoms. The van der Waals surface area contributed by atoms with Gasteiger partial charge in [-0.1, -0.05) is 32.9 Å². The molecule has 1 N–H and O–H groups in total. The van der Waals surface area contributed by atoms with Gasteiger partial charge in [0.05, 0.1) is 11.6 Å². The van der Waals surface area contributed by atoms with Crippen molar-refractivity contribution < 1.29 is 13.5 Å². The van der Waals surface area contributed by atoms with E-state index in [-0.39, 0.29) is 6.04 Å². The topological polar surface area (TPSA) is 21.3 Å². The Hall–Kier alpha value is -1.00. The number of hydrogen-bond acceptors (Lipinski definition) is 2. The summed E-state index contributed by atoms with van der Waals surface area (Å²) in [4.78, 5) is 0. The van der Waals surface area contributed by atoms with Crippen molar-refractivity contribution in [3.8, 4) is 0 Å². The van der Waals surface area contributed by atoms with Crippen molar-refractivity contribution in [3.05, 3.63) is 34.9 Å². The highest BCUT2D eigenvalue weighted by molar-refractivity contribution is 5.30. The van der Waals surface area contributed by atoms with Crippen LogP contribution in [0.4, 0.5) is 8.78 Å². The maximum Gasteiger partial charge on any atom is 0.163 e. The molecule has 21 heavy (non-hydrogen) atoms. The van der Waals surface area contributed by atoms with Gasteiger partial charge in [-0.25, -0.2) is 8.78 Å². The molecule has 0 radical (unpaired) electrons. The quantitative estimate of drug-likeness (QED) is 0.762. The van der Waals surface area contributed by atoms with Gasteiger partial charge in [0.1, 0.15) is 0 Å². The van der Waals surface area contributed by atoms with E-state index in [4.69, 9.17) is 4.74 Å². The van der Waals surface area contributed by atoms with E-state index in [0.29, 0.717) is 24.3 Å². The smallest absolute Gasteiger partial charge is 0.163 e. The predicted octanol–water partition coefficient (Wildman–Crippen LogP) is 4.52. The lowest BCUT2D eigenvalue weighted by molar-refractivity contribution is -0.0738. The lowest BCUT2D eigenvalue weighted by atomic mass is 9.83. The zero-order chi connectivity index (χ0) is 16.0. The van der Waals surface area contributed by atoms with E-state index in [0.717, 1.165) is 12.8 Å². The van der Waals surface area contributed by atoms with Gasteiger partial charge in [0.2, 0.25) is 0 Å². The van der Waals surface area contributed by atoms with Crippen LogP contribution < -0.4 is 5.32 Å². The zero-order valence-corrected chi connectivity index (χ0v) is 13.7. The van der Waals surface area contributed by atoms with Crippen LogP contribution in [0, 0.1) is 18.6 Å². The van der Waals surface area contributed by atoms with Crippen LogP contribution in [0.15, 0.2) is 12.1 Å². The lowest BCUT2D eigenvalue weighted by Gasteiger charge is -2.40. The van der Waals surface area contributed by atoms with Crippen molar-refractivity contribution in [2.45, 2.75) is 59.1 Å². The molecule has 1 unspecified atom stereocenters. The highest BCUT2D eigenvalue weighted by Gasteiger charge is 2.39. The minimum absolute atomic E-state index is 0.321. The van der Waals surface area contributed by atoms with Crippen LogP contribution in [0.5, 0.6) is 0 Å². The lowest BCUT2D eigenvalue weighted by Crippen LogP contribution is -2.46. The molecular formula is C17H27F2NO. The monoisotopic (exact) mass is 299 g/mol. The van der Waals surface area contributed by atoms with Gasteiger partial charge in [-0.05, 0) is 38.8 Å². The molecule has 2 nitrogen and oxygen atoms in total. The highest BCUT2D eigenvalue weighted by atomic mass is 19.2. The molecule has 1 atom stereocenters. The molecule has 1 aromatic carbocycles. The summed E-state index contributed by atoms with van der Waals surface area (Å²) in [7, 11) is 0. The van der Waals surface area contributed by atoms with Crippen LogP contribution in [0.1, 0.15) is 57.7 Å². The van der Waals surface area contributed by atoms with Crippen molar-refractivity contribution in [2.24, 2.45) is 0 Å². The minimum atomic E-state index is -0.771. The number of aryl methyl sites for hydroxylation is 1. The Morgan fingerprint density at radius 2 is 1.71 bits per heavy atom. The molecule has 1 rings (SSSR count). The summed E-state index contributed by atoms with van der Waals surface area (Å²) in [5.41, 5.74) is 0.131. The molecular weight excluding hydrogens is 272 g/mol. The van der Waals surface area contributed by atoms with E-state index in [1.807, 2.05) is 27.7 Å². The Balaban J connectivity index is 3.37. The normalized spacial score (nSPS) is 13.5. The fourth-order valence-electron chi connectivity index (χ4n) is 2.90. The first kappa shape index (κ1) is 18.1. The summed E-state index contributed by atoms with van der Waals surface area (Å²) in [5.74, 6) is -1.54. The Kier molecular flexibility index (Phi) is 6.75. The molecule has 0 spiro atoms. The first-order valence-corrected chi connectivity index (χ1v) is 7.79. The number of likely N-dealkylation sites (N-methyl/N-ethyl adjacent to an activating group) is 1. The van der Waals surface area contributed by atoms with E-state index < -0.39 is 17.2 Å². The number of benzene rings is 1. The van der Waals surface area contributed by atoms with Gasteiger partial charge in [0.15, 0.2) is 11.6 Å². The first-order chi connectivity index (χ1) is 9.97. The van der Waals surface area contributed by atoms with Gasteiger partial charge >= 0.3 is 0 Å². The molecule has 0 aliphatic carbocycles. The third kappa shape index (κ3) is 3.61. The van der Waals surface area contributed by atoms with Gasteiger partial charge in [0, 0.05) is 12.2 Å². The van der Waals surface area contributed by atoms with E-state index >= 15 is 0 Å². The molecule has 0 amide bonds. The Labute approximate surface area is 126 Å². The van der Waals surface area contributed by atoms with Crippen molar-refractivity contribution in [3.63, 3.8) is 0 Å². The van der Waals surface area contributed by atoms with Gasteiger partial charge < -0.3 is 10.1 Å². The summed E-state index contributed by atoms with van der Waals surface area (Å²) in [6, 6.07) is 2.92. The van der Waals surface area contributed by atoms with E-state index in [9.17, 15) is 8.78 Å². The summed E-state index contributed by atoms with van der Waals surface area (Å²) in [6.07, 6.45) is 1.45. The van der Waals surface area contributed by atoms with Crippen LogP contribution in [0.25, 0.3) is 0 Å². The molecule has 0 heterocycles. The zero-order valence-electron chi connectivity index (χ0n) is 13.7. The number of nitrogens with one attached hydrogen (secondary N) is 1. The Morgan fingerprint density at radius 3 is 2.19 bits per heavy atom. The molecule has 0 saturated carbocycles. The van der Waals surface area contributed by atoms with Crippen molar-refractivity contribution in [1.29, 1.82) is 0 Å². The fraction of sp³-hybridized carbons (Fsp3) is 0.647. The summed E-state index contributed by atoms with van der Waals surface area (Å²) in [5, 5.41) is 3.28. The van der Waals surface area contributed by atoms with Crippen molar-refractivity contribution in [1.82, 2.24) is 5.32 Å². The third-order valence-corrected chi connectivity index (χ3v) is 4.18.